The molecule has 1 radical (unpaired) electrons. The van der Waals surface area contributed by atoms with Crippen molar-refractivity contribution in [2.45, 2.75) is 44.8 Å². The van der Waals surface area contributed by atoms with Gasteiger partial charge in [0.05, 0.1) is 0 Å². The van der Waals surface area contributed by atoms with Gasteiger partial charge >= 0.3 is 6.16 Å². The summed E-state index contributed by atoms with van der Waals surface area (Å²) in [4.78, 5) is 10.7. The first-order chi connectivity index (χ1) is 6.87. The number of rotatable bonds is 5. The quantitative estimate of drug-likeness (QED) is 0.553. The molecule has 87 valence electrons. The summed E-state index contributed by atoms with van der Waals surface area (Å²) >= 11 is 0. The minimum absolute atomic E-state index is 0.0531. The third-order valence-electron chi connectivity index (χ3n) is 1.95. The summed E-state index contributed by atoms with van der Waals surface area (Å²) in [5.41, 5.74) is 0. The van der Waals surface area contributed by atoms with E-state index < -0.39 is 23.5 Å². The molecular formula is C9H19O4Si2. The standard InChI is InChI=1S/C9H19O4Si2/c1-14(13-15(2,3)4)6-5-8-7-11-9(10)12-8/h8H,5-7H2,1-4H3. The summed E-state index contributed by atoms with van der Waals surface area (Å²) in [6.45, 7) is 9.15. The van der Waals surface area contributed by atoms with E-state index in [1.54, 1.807) is 0 Å². The first kappa shape index (κ1) is 12.7. The van der Waals surface area contributed by atoms with Gasteiger partial charge in [-0.05, 0) is 38.7 Å². The molecule has 0 aromatic carbocycles. The Kier molecular flexibility index (Phi) is 4.36. The maximum atomic E-state index is 10.7. The van der Waals surface area contributed by atoms with Crippen molar-refractivity contribution in [1.29, 1.82) is 0 Å². The van der Waals surface area contributed by atoms with Crippen molar-refractivity contribution in [3.63, 3.8) is 0 Å². The highest BCUT2D eigenvalue weighted by atomic mass is 28.4. The van der Waals surface area contributed by atoms with Crippen LogP contribution >= 0.6 is 0 Å². The van der Waals surface area contributed by atoms with Crippen molar-refractivity contribution in [2.75, 3.05) is 6.61 Å². The molecule has 1 heterocycles. The molecule has 1 aliphatic heterocycles. The maximum absolute atomic E-state index is 10.7. The minimum atomic E-state index is -1.40. The minimum Gasteiger partial charge on any atom is -0.456 e. The van der Waals surface area contributed by atoms with Crippen LogP contribution in [0.1, 0.15) is 6.42 Å². The Hall–Kier alpha value is -0.336. The molecule has 0 aliphatic carbocycles. The molecule has 6 heteroatoms. The second kappa shape index (κ2) is 5.13. The second-order valence-electron chi connectivity index (χ2n) is 4.76. The Morgan fingerprint density at radius 2 is 2.20 bits per heavy atom. The van der Waals surface area contributed by atoms with Gasteiger partial charge in [0.15, 0.2) is 17.4 Å². The van der Waals surface area contributed by atoms with E-state index in [1.165, 1.54) is 0 Å². The summed E-state index contributed by atoms with van der Waals surface area (Å²) in [5, 5.41) is 0. The van der Waals surface area contributed by atoms with Crippen molar-refractivity contribution in [3.8, 4) is 0 Å². The molecule has 1 atom stereocenters. The van der Waals surface area contributed by atoms with Crippen molar-refractivity contribution < 1.29 is 18.4 Å². The number of carbonyl (C=O) groups is 1. The normalized spacial score (nSPS) is 21.7. The predicted octanol–water partition coefficient (Wildman–Crippen LogP) is 2.38. The zero-order valence-corrected chi connectivity index (χ0v) is 11.8. The number of hydrogen-bond acceptors (Lipinski definition) is 4. The van der Waals surface area contributed by atoms with Gasteiger partial charge < -0.3 is 13.6 Å². The Morgan fingerprint density at radius 3 is 2.67 bits per heavy atom. The molecule has 1 aliphatic rings. The molecule has 0 N–H and O–H groups in total. The zero-order chi connectivity index (χ0) is 11.5. The lowest BCUT2D eigenvalue weighted by molar-refractivity contribution is 0.117. The van der Waals surface area contributed by atoms with Crippen LogP contribution in [0.2, 0.25) is 32.2 Å². The highest BCUT2D eigenvalue weighted by molar-refractivity contribution is 6.77. The van der Waals surface area contributed by atoms with Gasteiger partial charge in [0.25, 0.3) is 0 Å². The van der Waals surface area contributed by atoms with Crippen LogP contribution in [0.15, 0.2) is 0 Å². The monoisotopic (exact) mass is 247 g/mol. The van der Waals surface area contributed by atoms with Crippen LogP contribution in [0, 0.1) is 0 Å². The Labute approximate surface area is 93.8 Å². The average Bonchev–Trinajstić information content (AvgIpc) is 2.45. The number of carbonyl (C=O) groups excluding carboxylic acids is 1. The fourth-order valence-corrected chi connectivity index (χ4v) is 6.76. The van der Waals surface area contributed by atoms with E-state index in [-0.39, 0.29) is 6.10 Å². The lowest BCUT2D eigenvalue weighted by atomic mass is 10.3. The SMILES string of the molecule is C[Si](CCC1COC(=O)O1)O[Si](C)(C)C. The number of cyclic esters (lactones) is 2. The highest BCUT2D eigenvalue weighted by Gasteiger charge is 2.26. The van der Waals surface area contributed by atoms with E-state index in [2.05, 4.69) is 26.2 Å². The second-order valence-corrected chi connectivity index (χ2v) is 11.7. The molecular weight excluding hydrogens is 228 g/mol. The van der Waals surface area contributed by atoms with Crippen LogP contribution in [-0.4, -0.2) is 36.2 Å². The smallest absolute Gasteiger partial charge is 0.456 e. The van der Waals surface area contributed by atoms with Crippen LogP contribution in [0.3, 0.4) is 0 Å². The third-order valence-corrected chi connectivity index (χ3v) is 6.78. The summed E-state index contributed by atoms with van der Waals surface area (Å²) in [5.74, 6) is 0. The van der Waals surface area contributed by atoms with Gasteiger partial charge in [-0.15, -0.1) is 0 Å². The average molecular weight is 247 g/mol. The van der Waals surface area contributed by atoms with E-state index in [9.17, 15) is 4.79 Å². The maximum Gasteiger partial charge on any atom is 0.508 e. The largest absolute Gasteiger partial charge is 0.508 e. The van der Waals surface area contributed by atoms with Crippen molar-refractivity contribution >= 4 is 23.5 Å². The molecule has 1 fully saturated rings. The molecule has 0 saturated carbocycles. The van der Waals surface area contributed by atoms with E-state index in [4.69, 9.17) is 13.6 Å². The number of hydrogen-bond donors (Lipinski definition) is 0. The fourth-order valence-electron chi connectivity index (χ4n) is 1.45. The van der Waals surface area contributed by atoms with Crippen LogP contribution < -0.4 is 0 Å². The van der Waals surface area contributed by atoms with Gasteiger partial charge in [0, 0.05) is 0 Å². The molecule has 1 unspecified atom stereocenters. The zero-order valence-electron chi connectivity index (χ0n) is 9.83. The van der Waals surface area contributed by atoms with Gasteiger partial charge in [-0.3, -0.25) is 0 Å². The van der Waals surface area contributed by atoms with Crippen molar-refractivity contribution in [3.05, 3.63) is 0 Å². The third kappa shape index (κ3) is 5.34. The summed E-state index contributed by atoms with van der Waals surface area (Å²) < 4.78 is 15.7. The van der Waals surface area contributed by atoms with Crippen molar-refractivity contribution in [1.82, 2.24) is 0 Å². The van der Waals surface area contributed by atoms with Gasteiger partial charge in [0.1, 0.15) is 12.7 Å². The lowest BCUT2D eigenvalue weighted by Crippen LogP contribution is -2.33. The first-order valence-corrected chi connectivity index (χ1v) is 10.7. The predicted molar refractivity (Wildman–Crippen MR) is 61.7 cm³/mol. The Bertz CT molecular complexity index is 227. The fraction of sp³-hybridized carbons (Fsp3) is 0.889. The Balaban J connectivity index is 2.17. The topological polar surface area (TPSA) is 44.8 Å². The molecule has 1 rings (SSSR count). The Morgan fingerprint density at radius 1 is 1.53 bits per heavy atom. The molecule has 0 spiro atoms. The molecule has 0 amide bonds. The molecule has 0 aromatic heterocycles. The number of ether oxygens (including phenoxy) is 2. The molecule has 4 nitrogen and oxygen atoms in total. The first-order valence-electron chi connectivity index (χ1n) is 5.22. The molecule has 0 aromatic rings. The van der Waals surface area contributed by atoms with Crippen molar-refractivity contribution in [2.24, 2.45) is 0 Å². The summed E-state index contributed by atoms with van der Waals surface area (Å²) in [6.07, 6.45) is 0.278. The van der Waals surface area contributed by atoms with E-state index >= 15 is 0 Å². The summed E-state index contributed by atoms with van der Waals surface area (Å²) in [6, 6.07) is 1.01. The molecule has 15 heavy (non-hydrogen) atoms. The van der Waals surface area contributed by atoms with Crippen LogP contribution in [0.25, 0.3) is 0 Å². The van der Waals surface area contributed by atoms with E-state index in [0.717, 1.165) is 12.5 Å². The van der Waals surface area contributed by atoms with Crippen LogP contribution in [0.4, 0.5) is 4.79 Å². The highest BCUT2D eigenvalue weighted by Crippen LogP contribution is 2.15. The lowest BCUT2D eigenvalue weighted by Gasteiger charge is -2.22. The summed E-state index contributed by atoms with van der Waals surface area (Å²) in [7, 11) is -2.14. The van der Waals surface area contributed by atoms with Crippen LogP contribution in [-0.2, 0) is 13.6 Å². The molecule has 1 saturated heterocycles. The molecule has 0 bridgehead atoms. The van der Waals surface area contributed by atoms with E-state index in [0.29, 0.717) is 6.61 Å². The van der Waals surface area contributed by atoms with Crippen LogP contribution in [0.5, 0.6) is 0 Å². The van der Waals surface area contributed by atoms with Gasteiger partial charge in [-0.25, -0.2) is 4.79 Å². The van der Waals surface area contributed by atoms with E-state index in [1.807, 2.05) is 0 Å². The van der Waals surface area contributed by atoms with Gasteiger partial charge in [-0.1, -0.05) is 0 Å². The van der Waals surface area contributed by atoms with Gasteiger partial charge in [0.2, 0.25) is 0 Å². The van der Waals surface area contributed by atoms with Gasteiger partial charge in [-0.2, -0.15) is 0 Å².